The molecule has 0 aromatic rings. The van der Waals surface area contributed by atoms with Crippen LogP contribution in [0.5, 0.6) is 0 Å². The third-order valence-electron chi connectivity index (χ3n) is 0.909. The van der Waals surface area contributed by atoms with Gasteiger partial charge in [0.15, 0.2) is 5.55 Å². The van der Waals surface area contributed by atoms with Crippen LogP contribution >= 0.6 is 12.2 Å². The van der Waals surface area contributed by atoms with E-state index in [-0.39, 0.29) is 0 Å². The van der Waals surface area contributed by atoms with E-state index in [9.17, 15) is 0 Å². The average molecular weight is 160 g/mol. The second-order valence-corrected chi connectivity index (χ2v) is 1.78. The molecule has 0 aromatic carbocycles. The van der Waals surface area contributed by atoms with Gasteiger partial charge in [-0.25, -0.2) is 5.48 Å². The molecule has 0 amide bonds. The van der Waals surface area contributed by atoms with Crippen molar-refractivity contribution in [2.24, 2.45) is 4.99 Å². The van der Waals surface area contributed by atoms with Gasteiger partial charge < -0.3 is 4.84 Å². The van der Waals surface area contributed by atoms with E-state index in [1.165, 1.54) is 5.55 Å². The largest absolute Gasteiger partial charge is 0.377 e. The highest BCUT2D eigenvalue weighted by Crippen LogP contribution is 1.81. The van der Waals surface area contributed by atoms with Crippen LogP contribution in [0.1, 0.15) is 20.3 Å². The van der Waals surface area contributed by atoms with Crippen molar-refractivity contribution in [1.82, 2.24) is 5.48 Å². The van der Waals surface area contributed by atoms with Crippen LogP contribution < -0.4 is 5.48 Å². The lowest BCUT2D eigenvalue weighted by atomic mass is 10.4. The predicted octanol–water partition coefficient (Wildman–Crippen LogP) is 1.29. The van der Waals surface area contributed by atoms with Crippen LogP contribution in [0.15, 0.2) is 4.99 Å². The average Bonchev–Trinajstić information content (AvgIpc) is 1.98. The van der Waals surface area contributed by atoms with Gasteiger partial charge >= 0.3 is 0 Å². The molecule has 0 aliphatic rings. The third kappa shape index (κ3) is 4.26. The summed E-state index contributed by atoms with van der Waals surface area (Å²) in [5.74, 6) is 0.823. The maximum absolute atomic E-state index is 4.65. The fraction of sp³-hybridized carbons (Fsp3) is 0.667. The number of hydrogen-bond donors (Lipinski definition) is 1. The van der Waals surface area contributed by atoms with E-state index < -0.39 is 0 Å². The first kappa shape index (κ1) is 9.36. The molecule has 0 spiro atoms. The van der Waals surface area contributed by atoms with Crippen molar-refractivity contribution < 1.29 is 4.84 Å². The molecule has 0 saturated carbocycles. The van der Waals surface area contributed by atoms with Crippen molar-refractivity contribution in [2.45, 2.75) is 20.3 Å². The van der Waals surface area contributed by atoms with Crippen LogP contribution in [0, 0.1) is 0 Å². The summed E-state index contributed by atoms with van der Waals surface area (Å²) in [6.45, 7) is 4.72. The summed E-state index contributed by atoms with van der Waals surface area (Å²) in [7, 11) is 0. The summed E-state index contributed by atoms with van der Waals surface area (Å²) in [4.78, 5) is 8.74. The minimum atomic E-state index is 0.761. The normalized spacial score (nSPS) is 10.8. The second-order valence-electron chi connectivity index (χ2n) is 1.59. The number of thiocarbonyl (C=S) groups is 1. The van der Waals surface area contributed by atoms with Gasteiger partial charge in [0.25, 0.3) is 0 Å². The summed E-state index contributed by atoms with van der Waals surface area (Å²) in [6, 6.07) is 0. The van der Waals surface area contributed by atoms with Crippen molar-refractivity contribution in [2.75, 3.05) is 6.54 Å². The van der Waals surface area contributed by atoms with E-state index >= 15 is 0 Å². The van der Waals surface area contributed by atoms with Crippen LogP contribution in [-0.4, -0.2) is 17.9 Å². The molecule has 0 unspecified atom stereocenters. The highest BCUT2D eigenvalue weighted by atomic mass is 32.1. The molecule has 0 rings (SSSR count). The maximum atomic E-state index is 4.65. The SMILES string of the molecule is CCN=C(CC)NOC=S. The molecule has 0 aliphatic heterocycles. The number of nitrogens with zero attached hydrogens (tertiary/aromatic N) is 1. The molecule has 3 nitrogen and oxygen atoms in total. The zero-order valence-electron chi connectivity index (χ0n) is 6.26. The van der Waals surface area contributed by atoms with Crippen LogP contribution in [-0.2, 0) is 4.84 Å². The van der Waals surface area contributed by atoms with Crippen molar-refractivity contribution >= 4 is 23.6 Å². The number of hydrogen-bond acceptors (Lipinski definition) is 3. The third-order valence-corrected chi connectivity index (χ3v) is 1.00. The molecule has 4 heteroatoms. The van der Waals surface area contributed by atoms with Crippen LogP contribution in [0.25, 0.3) is 0 Å². The van der Waals surface area contributed by atoms with E-state index in [4.69, 9.17) is 0 Å². The van der Waals surface area contributed by atoms with Crippen molar-refractivity contribution in [3.05, 3.63) is 0 Å². The molecule has 0 bridgehead atoms. The Kier molecular flexibility index (Phi) is 6.06. The van der Waals surface area contributed by atoms with Crippen molar-refractivity contribution in [3.63, 3.8) is 0 Å². The number of aliphatic imine (C=N–C) groups is 1. The minimum Gasteiger partial charge on any atom is -0.377 e. The van der Waals surface area contributed by atoms with Gasteiger partial charge in [-0.15, -0.1) is 0 Å². The van der Waals surface area contributed by atoms with Crippen molar-refractivity contribution in [3.8, 4) is 0 Å². The molecule has 0 heterocycles. The number of nitrogens with one attached hydrogen (secondary N) is 1. The summed E-state index contributed by atoms with van der Waals surface area (Å²) in [5.41, 5.74) is 3.78. The molecule has 0 fully saturated rings. The lowest BCUT2D eigenvalue weighted by molar-refractivity contribution is 0.265. The first-order chi connectivity index (χ1) is 4.85. The summed E-state index contributed by atoms with van der Waals surface area (Å²) >= 11 is 4.44. The van der Waals surface area contributed by atoms with E-state index in [0.29, 0.717) is 0 Å². The van der Waals surface area contributed by atoms with E-state index in [2.05, 4.69) is 27.5 Å². The maximum Gasteiger partial charge on any atom is 0.182 e. The molecule has 10 heavy (non-hydrogen) atoms. The molecule has 0 aliphatic carbocycles. The predicted molar refractivity (Wildman–Crippen MR) is 46.1 cm³/mol. The second kappa shape index (κ2) is 6.48. The Morgan fingerprint density at radius 3 is 2.80 bits per heavy atom. The zero-order valence-corrected chi connectivity index (χ0v) is 7.07. The van der Waals surface area contributed by atoms with Gasteiger partial charge in [-0.2, -0.15) is 0 Å². The fourth-order valence-corrected chi connectivity index (χ4v) is 0.547. The zero-order chi connectivity index (χ0) is 7.82. The Bertz CT molecular complexity index is 125. The van der Waals surface area contributed by atoms with Gasteiger partial charge in [-0.3, -0.25) is 4.99 Å². The van der Waals surface area contributed by atoms with Crippen LogP contribution in [0.3, 0.4) is 0 Å². The summed E-state index contributed by atoms with van der Waals surface area (Å²) in [5, 5.41) is 0. The summed E-state index contributed by atoms with van der Waals surface area (Å²) < 4.78 is 0. The highest BCUT2D eigenvalue weighted by molar-refractivity contribution is 7.78. The first-order valence-electron chi connectivity index (χ1n) is 3.23. The number of amidine groups is 1. The smallest absolute Gasteiger partial charge is 0.182 e. The molecular formula is C6H12N2OS. The van der Waals surface area contributed by atoms with E-state index in [1.54, 1.807) is 0 Å². The van der Waals surface area contributed by atoms with Crippen molar-refractivity contribution in [1.29, 1.82) is 0 Å². The topological polar surface area (TPSA) is 33.6 Å². The lowest BCUT2D eigenvalue weighted by Gasteiger charge is -2.03. The van der Waals surface area contributed by atoms with Gasteiger partial charge in [0.2, 0.25) is 0 Å². The van der Waals surface area contributed by atoms with Crippen LogP contribution in [0.4, 0.5) is 0 Å². The Morgan fingerprint density at radius 2 is 2.40 bits per heavy atom. The number of rotatable bonds is 4. The Morgan fingerprint density at radius 1 is 1.70 bits per heavy atom. The van der Waals surface area contributed by atoms with Gasteiger partial charge in [0, 0.05) is 13.0 Å². The lowest BCUT2D eigenvalue weighted by Crippen LogP contribution is -2.22. The molecule has 0 aromatic heterocycles. The molecule has 0 atom stereocenters. The minimum absolute atomic E-state index is 0.761. The Hall–Kier alpha value is -0.640. The highest BCUT2D eigenvalue weighted by Gasteiger charge is 1.90. The number of hydroxylamine groups is 1. The van der Waals surface area contributed by atoms with Gasteiger partial charge in [-0.05, 0) is 19.1 Å². The monoisotopic (exact) mass is 160 g/mol. The molecule has 0 saturated heterocycles. The van der Waals surface area contributed by atoms with E-state index in [1.807, 2.05) is 13.8 Å². The molecule has 1 N–H and O–H groups in total. The fourth-order valence-electron chi connectivity index (χ4n) is 0.499. The van der Waals surface area contributed by atoms with Gasteiger partial charge in [0.05, 0.1) is 0 Å². The first-order valence-corrected chi connectivity index (χ1v) is 3.70. The molecule has 0 radical (unpaired) electrons. The molecule has 58 valence electrons. The molecular weight excluding hydrogens is 148 g/mol. The quantitative estimate of drug-likeness (QED) is 0.291. The van der Waals surface area contributed by atoms with Gasteiger partial charge in [0.1, 0.15) is 5.84 Å². The van der Waals surface area contributed by atoms with Gasteiger partial charge in [-0.1, -0.05) is 6.92 Å². The Labute approximate surface area is 66.4 Å². The summed E-state index contributed by atoms with van der Waals surface area (Å²) in [6.07, 6.45) is 0.830. The van der Waals surface area contributed by atoms with Crippen LogP contribution in [0.2, 0.25) is 0 Å². The van der Waals surface area contributed by atoms with E-state index in [0.717, 1.165) is 18.8 Å². The Balaban J connectivity index is 3.59. The standard InChI is InChI=1S/C6H12N2OS/c1-3-6(7-4-2)8-9-5-10/h5H,3-4H2,1-2H3,(H,7,8).